The number of rotatable bonds is 6. The Hall–Kier alpha value is -2.07. The summed E-state index contributed by atoms with van der Waals surface area (Å²) in [6.07, 6.45) is 2.01. The van der Waals surface area contributed by atoms with Gasteiger partial charge in [0.05, 0.1) is 12.2 Å². The first-order valence-corrected chi connectivity index (χ1v) is 10.3. The van der Waals surface area contributed by atoms with E-state index in [0.717, 1.165) is 25.9 Å². The van der Waals surface area contributed by atoms with Gasteiger partial charge in [0.25, 0.3) is 0 Å². The Labute approximate surface area is 166 Å². The van der Waals surface area contributed by atoms with Crippen molar-refractivity contribution in [1.82, 2.24) is 4.31 Å². The molecule has 0 bridgehead atoms. The fourth-order valence-electron chi connectivity index (χ4n) is 3.62. The molecular weight excluding hydrogens is 350 g/mol. The molecule has 3 heteroatoms. The molecule has 1 aliphatic rings. The third-order valence-corrected chi connectivity index (χ3v) is 6.27. The van der Waals surface area contributed by atoms with Crippen molar-refractivity contribution in [3.05, 3.63) is 102 Å². The standard InChI is InChI=1S/C24H25NOS/c1-4-10-21(11-5-1)20-26-24(22-12-6-2-7-13-22)16-18-25(19-17-24)27-23-14-8-3-9-15-23/h1-15H,16-20H2. The molecule has 0 radical (unpaired) electrons. The number of ether oxygens (including phenoxy) is 1. The van der Waals surface area contributed by atoms with Crippen LogP contribution in [-0.2, 0) is 16.9 Å². The van der Waals surface area contributed by atoms with E-state index in [1.807, 2.05) is 11.9 Å². The number of hydrogen-bond donors (Lipinski definition) is 0. The molecule has 3 aromatic carbocycles. The van der Waals surface area contributed by atoms with Crippen molar-refractivity contribution in [3.8, 4) is 0 Å². The zero-order valence-electron chi connectivity index (χ0n) is 15.5. The van der Waals surface area contributed by atoms with Gasteiger partial charge in [-0.1, -0.05) is 78.9 Å². The summed E-state index contributed by atoms with van der Waals surface area (Å²) in [5, 5.41) is 0. The second kappa shape index (κ2) is 8.75. The molecular formula is C24H25NOS. The first-order valence-electron chi connectivity index (χ1n) is 9.55. The van der Waals surface area contributed by atoms with Crippen LogP contribution in [0.5, 0.6) is 0 Å². The predicted molar refractivity (Wildman–Crippen MR) is 112 cm³/mol. The molecule has 0 aliphatic carbocycles. The molecule has 0 atom stereocenters. The van der Waals surface area contributed by atoms with Crippen LogP contribution in [0.1, 0.15) is 24.0 Å². The SMILES string of the molecule is c1ccc(COC2(c3ccccc3)CCN(Sc3ccccc3)CC2)cc1. The molecule has 4 rings (SSSR count). The highest BCUT2D eigenvalue weighted by atomic mass is 32.2. The van der Waals surface area contributed by atoms with Gasteiger partial charge >= 0.3 is 0 Å². The highest BCUT2D eigenvalue weighted by molar-refractivity contribution is 7.97. The molecule has 0 saturated carbocycles. The maximum absolute atomic E-state index is 6.61. The van der Waals surface area contributed by atoms with E-state index in [1.54, 1.807) is 0 Å². The van der Waals surface area contributed by atoms with Crippen LogP contribution in [0, 0.1) is 0 Å². The highest BCUT2D eigenvalue weighted by Gasteiger charge is 2.37. The lowest BCUT2D eigenvalue weighted by atomic mass is 9.84. The first-order chi connectivity index (χ1) is 13.3. The summed E-state index contributed by atoms with van der Waals surface area (Å²) in [5.74, 6) is 0. The Morgan fingerprint density at radius 3 is 1.93 bits per heavy atom. The van der Waals surface area contributed by atoms with Gasteiger partial charge in [0.15, 0.2) is 0 Å². The van der Waals surface area contributed by atoms with Crippen LogP contribution in [-0.4, -0.2) is 17.4 Å². The molecule has 3 aromatic rings. The maximum atomic E-state index is 6.61. The van der Waals surface area contributed by atoms with Gasteiger partial charge in [0.1, 0.15) is 0 Å². The van der Waals surface area contributed by atoms with E-state index >= 15 is 0 Å². The molecule has 0 unspecified atom stereocenters. The summed E-state index contributed by atoms with van der Waals surface area (Å²) in [5.41, 5.74) is 2.32. The predicted octanol–water partition coefficient (Wildman–Crippen LogP) is 5.90. The fraction of sp³-hybridized carbons (Fsp3) is 0.250. The molecule has 1 aliphatic heterocycles. The lowest BCUT2D eigenvalue weighted by Crippen LogP contribution is -2.41. The minimum atomic E-state index is -0.204. The largest absolute Gasteiger partial charge is 0.366 e. The summed E-state index contributed by atoms with van der Waals surface area (Å²) in [6, 6.07) is 31.8. The summed E-state index contributed by atoms with van der Waals surface area (Å²) >= 11 is 1.85. The summed E-state index contributed by atoms with van der Waals surface area (Å²) < 4.78 is 9.07. The second-order valence-electron chi connectivity index (χ2n) is 6.97. The highest BCUT2D eigenvalue weighted by Crippen LogP contribution is 2.40. The molecule has 0 spiro atoms. The zero-order chi connectivity index (χ0) is 18.4. The van der Waals surface area contributed by atoms with Crippen molar-refractivity contribution in [3.63, 3.8) is 0 Å². The molecule has 1 heterocycles. The second-order valence-corrected chi connectivity index (χ2v) is 8.14. The number of hydrogen-bond acceptors (Lipinski definition) is 3. The monoisotopic (exact) mass is 375 g/mol. The van der Waals surface area contributed by atoms with Gasteiger partial charge in [0.2, 0.25) is 0 Å². The van der Waals surface area contributed by atoms with Crippen LogP contribution in [0.25, 0.3) is 0 Å². The van der Waals surface area contributed by atoms with Crippen LogP contribution in [0.15, 0.2) is 95.9 Å². The smallest absolute Gasteiger partial charge is 0.0960 e. The summed E-state index contributed by atoms with van der Waals surface area (Å²) in [7, 11) is 0. The molecule has 1 fully saturated rings. The topological polar surface area (TPSA) is 12.5 Å². The Morgan fingerprint density at radius 2 is 1.30 bits per heavy atom. The molecule has 138 valence electrons. The normalized spacial score (nSPS) is 16.9. The van der Waals surface area contributed by atoms with Crippen molar-refractivity contribution >= 4 is 11.9 Å². The van der Waals surface area contributed by atoms with E-state index in [1.165, 1.54) is 16.0 Å². The zero-order valence-corrected chi connectivity index (χ0v) is 16.3. The minimum Gasteiger partial charge on any atom is -0.366 e. The van der Waals surface area contributed by atoms with Gasteiger partial charge in [-0.05, 0) is 48.0 Å². The molecule has 0 aromatic heterocycles. The summed E-state index contributed by atoms with van der Waals surface area (Å²) in [6.45, 7) is 2.69. The third-order valence-electron chi connectivity index (χ3n) is 5.17. The Morgan fingerprint density at radius 1 is 0.741 bits per heavy atom. The Kier molecular flexibility index (Phi) is 5.93. The van der Waals surface area contributed by atoms with E-state index in [4.69, 9.17) is 4.74 Å². The molecule has 1 saturated heterocycles. The third kappa shape index (κ3) is 4.62. The molecule has 0 N–H and O–H groups in total. The van der Waals surface area contributed by atoms with Crippen LogP contribution in [0.4, 0.5) is 0 Å². The van der Waals surface area contributed by atoms with Gasteiger partial charge < -0.3 is 4.74 Å². The van der Waals surface area contributed by atoms with Crippen LogP contribution < -0.4 is 0 Å². The molecule has 2 nitrogen and oxygen atoms in total. The minimum absolute atomic E-state index is 0.204. The number of nitrogens with zero attached hydrogens (tertiary/aromatic N) is 1. The van der Waals surface area contributed by atoms with Crippen molar-refractivity contribution in [2.75, 3.05) is 13.1 Å². The fourth-order valence-corrected chi connectivity index (χ4v) is 4.57. The van der Waals surface area contributed by atoms with Gasteiger partial charge in [-0.2, -0.15) is 0 Å². The van der Waals surface area contributed by atoms with Crippen molar-refractivity contribution < 1.29 is 4.74 Å². The summed E-state index contributed by atoms with van der Waals surface area (Å²) in [4.78, 5) is 1.30. The van der Waals surface area contributed by atoms with E-state index in [2.05, 4.69) is 95.3 Å². The van der Waals surface area contributed by atoms with Gasteiger partial charge in [-0.3, -0.25) is 0 Å². The van der Waals surface area contributed by atoms with E-state index in [9.17, 15) is 0 Å². The van der Waals surface area contributed by atoms with Gasteiger partial charge in [-0.25, -0.2) is 4.31 Å². The first kappa shape index (κ1) is 18.3. The average molecular weight is 376 g/mol. The van der Waals surface area contributed by atoms with E-state index in [-0.39, 0.29) is 5.60 Å². The van der Waals surface area contributed by atoms with E-state index < -0.39 is 0 Å². The van der Waals surface area contributed by atoms with Gasteiger partial charge in [0, 0.05) is 18.0 Å². The number of benzene rings is 3. The lowest BCUT2D eigenvalue weighted by molar-refractivity contribution is -0.0900. The van der Waals surface area contributed by atoms with Crippen LogP contribution in [0.2, 0.25) is 0 Å². The van der Waals surface area contributed by atoms with Gasteiger partial charge in [-0.15, -0.1) is 0 Å². The maximum Gasteiger partial charge on any atom is 0.0960 e. The average Bonchev–Trinajstić information content (AvgIpc) is 2.76. The molecule has 27 heavy (non-hydrogen) atoms. The van der Waals surface area contributed by atoms with Crippen LogP contribution >= 0.6 is 11.9 Å². The van der Waals surface area contributed by atoms with Crippen molar-refractivity contribution in [1.29, 1.82) is 0 Å². The van der Waals surface area contributed by atoms with Crippen molar-refractivity contribution in [2.45, 2.75) is 29.9 Å². The van der Waals surface area contributed by atoms with Crippen molar-refractivity contribution in [2.24, 2.45) is 0 Å². The van der Waals surface area contributed by atoms with Crippen LogP contribution in [0.3, 0.4) is 0 Å². The number of piperidine rings is 1. The lowest BCUT2D eigenvalue weighted by Gasteiger charge is -2.41. The Balaban J connectivity index is 1.47. The molecule has 0 amide bonds. The van der Waals surface area contributed by atoms with E-state index in [0.29, 0.717) is 6.61 Å². The Bertz CT molecular complexity index is 815. The quantitative estimate of drug-likeness (QED) is 0.498.